The Morgan fingerprint density at radius 2 is 1.88 bits per heavy atom. The number of aryl methyl sites for hydroxylation is 1. The standard InChI is InChI=1S/C26H21BrFNO4S/c1-16-6-3-4-8-19(16)14-29-25(30)23(34-26(29)31)13-18-11-21(27)24(22(12-18)32-2)33-15-17-7-5-9-20(28)10-17/h3-13H,14-15H2,1-2H3/b23-13-. The Bertz CT molecular complexity index is 1290. The van der Waals surface area contributed by atoms with E-state index in [9.17, 15) is 14.0 Å². The number of hydrogen-bond acceptors (Lipinski definition) is 5. The van der Waals surface area contributed by atoms with Crippen LogP contribution >= 0.6 is 27.7 Å². The van der Waals surface area contributed by atoms with Crippen LogP contribution < -0.4 is 9.47 Å². The smallest absolute Gasteiger partial charge is 0.293 e. The van der Waals surface area contributed by atoms with Gasteiger partial charge in [-0.25, -0.2) is 4.39 Å². The van der Waals surface area contributed by atoms with E-state index in [0.29, 0.717) is 32.0 Å². The summed E-state index contributed by atoms with van der Waals surface area (Å²) in [6.07, 6.45) is 1.66. The third-order valence-electron chi connectivity index (χ3n) is 5.29. The third kappa shape index (κ3) is 5.34. The monoisotopic (exact) mass is 541 g/mol. The molecule has 0 N–H and O–H groups in total. The summed E-state index contributed by atoms with van der Waals surface area (Å²) in [5, 5.41) is -0.305. The van der Waals surface area contributed by atoms with Gasteiger partial charge in [0.15, 0.2) is 11.5 Å². The molecule has 0 aliphatic carbocycles. The lowest BCUT2D eigenvalue weighted by Gasteiger charge is -2.14. The van der Waals surface area contributed by atoms with Gasteiger partial charge in [0, 0.05) is 0 Å². The van der Waals surface area contributed by atoms with E-state index in [2.05, 4.69) is 15.9 Å². The number of methoxy groups -OCH3 is 1. The maximum atomic E-state index is 13.4. The van der Waals surface area contributed by atoms with Crippen molar-refractivity contribution < 1.29 is 23.5 Å². The van der Waals surface area contributed by atoms with Gasteiger partial charge >= 0.3 is 0 Å². The molecule has 2 amide bonds. The predicted molar refractivity (Wildman–Crippen MR) is 134 cm³/mol. The second-order valence-electron chi connectivity index (χ2n) is 7.65. The van der Waals surface area contributed by atoms with Crippen LogP contribution in [0, 0.1) is 12.7 Å². The molecule has 3 aromatic carbocycles. The molecule has 174 valence electrons. The summed E-state index contributed by atoms with van der Waals surface area (Å²) in [7, 11) is 1.51. The van der Waals surface area contributed by atoms with Crippen LogP contribution in [0.5, 0.6) is 11.5 Å². The fourth-order valence-electron chi connectivity index (χ4n) is 3.49. The number of hydrogen-bond donors (Lipinski definition) is 0. The Labute approximate surface area is 209 Å². The summed E-state index contributed by atoms with van der Waals surface area (Å²) in [6.45, 7) is 2.34. The van der Waals surface area contributed by atoms with Crippen molar-refractivity contribution in [3.05, 3.63) is 98.1 Å². The highest BCUT2D eigenvalue weighted by Crippen LogP contribution is 2.39. The number of carbonyl (C=O) groups is 2. The van der Waals surface area contributed by atoms with Crippen LogP contribution in [-0.4, -0.2) is 23.2 Å². The Morgan fingerprint density at radius 1 is 1.09 bits per heavy atom. The SMILES string of the molecule is COc1cc(/C=C2\SC(=O)N(Cc3ccccc3C)C2=O)cc(Br)c1OCc1cccc(F)c1. The highest BCUT2D eigenvalue weighted by molar-refractivity contribution is 9.10. The lowest BCUT2D eigenvalue weighted by molar-refractivity contribution is -0.123. The Balaban J connectivity index is 1.54. The van der Waals surface area contributed by atoms with Crippen molar-refractivity contribution in [2.45, 2.75) is 20.1 Å². The van der Waals surface area contributed by atoms with Crippen molar-refractivity contribution in [2.24, 2.45) is 0 Å². The van der Waals surface area contributed by atoms with Crippen LogP contribution in [0.4, 0.5) is 9.18 Å². The molecule has 1 heterocycles. The van der Waals surface area contributed by atoms with Crippen LogP contribution in [0.3, 0.4) is 0 Å². The molecule has 0 saturated carbocycles. The highest BCUT2D eigenvalue weighted by Gasteiger charge is 2.35. The number of rotatable bonds is 7. The van der Waals surface area contributed by atoms with E-state index in [1.54, 1.807) is 30.3 Å². The minimum atomic E-state index is -0.334. The second kappa shape index (κ2) is 10.4. The molecule has 0 aromatic heterocycles. The van der Waals surface area contributed by atoms with Gasteiger partial charge in [-0.3, -0.25) is 14.5 Å². The number of benzene rings is 3. The maximum absolute atomic E-state index is 13.4. The summed E-state index contributed by atoms with van der Waals surface area (Å²) in [5.41, 5.74) is 3.30. The van der Waals surface area contributed by atoms with E-state index in [1.165, 1.54) is 24.1 Å². The Kier molecular flexibility index (Phi) is 7.38. The third-order valence-corrected chi connectivity index (χ3v) is 6.78. The first-order valence-electron chi connectivity index (χ1n) is 10.4. The molecule has 0 spiro atoms. The first kappa shape index (κ1) is 24.0. The maximum Gasteiger partial charge on any atom is 0.293 e. The zero-order valence-corrected chi connectivity index (χ0v) is 20.9. The fourth-order valence-corrected chi connectivity index (χ4v) is 4.90. The van der Waals surface area contributed by atoms with Crippen LogP contribution in [0.1, 0.15) is 22.3 Å². The highest BCUT2D eigenvalue weighted by atomic mass is 79.9. The molecule has 0 bridgehead atoms. The Hall–Kier alpha value is -3.10. The fraction of sp³-hybridized carbons (Fsp3) is 0.154. The summed E-state index contributed by atoms with van der Waals surface area (Å²) in [4.78, 5) is 27.1. The van der Waals surface area contributed by atoms with Crippen LogP contribution in [0.25, 0.3) is 6.08 Å². The molecule has 8 heteroatoms. The van der Waals surface area contributed by atoms with Crippen molar-refractivity contribution in [1.29, 1.82) is 0 Å². The van der Waals surface area contributed by atoms with Gasteiger partial charge in [-0.1, -0.05) is 36.4 Å². The molecule has 0 unspecified atom stereocenters. The van der Waals surface area contributed by atoms with Gasteiger partial charge in [0.25, 0.3) is 11.1 Å². The molecule has 1 fully saturated rings. The molecule has 1 aliphatic heterocycles. The molecule has 0 radical (unpaired) electrons. The minimum Gasteiger partial charge on any atom is -0.493 e. The van der Waals surface area contributed by atoms with Crippen LogP contribution in [0.2, 0.25) is 0 Å². The zero-order valence-electron chi connectivity index (χ0n) is 18.5. The van der Waals surface area contributed by atoms with Crippen molar-refractivity contribution >= 4 is 44.9 Å². The summed E-state index contributed by atoms with van der Waals surface area (Å²) in [5.74, 6) is 0.228. The number of nitrogens with zero attached hydrogens (tertiary/aromatic N) is 1. The first-order valence-corrected chi connectivity index (χ1v) is 12.0. The van der Waals surface area contributed by atoms with E-state index in [-0.39, 0.29) is 30.1 Å². The largest absolute Gasteiger partial charge is 0.493 e. The van der Waals surface area contributed by atoms with Gasteiger partial charge in [-0.15, -0.1) is 0 Å². The van der Waals surface area contributed by atoms with Crippen molar-refractivity contribution in [3.63, 3.8) is 0 Å². The molecular weight excluding hydrogens is 521 g/mol. The van der Waals surface area contributed by atoms with Gasteiger partial charge in [0.1, 0.15) is 12.4 Å². The van der Waals surface area contributed by atoms with Gasteiger partial charge < -0.3 is 9.47 Å². The first-order chi connectivity index (χ1) is 16.4. The molecule has 0 atom stereocenters. The number of thioether (sulfide) groups is 1. The van der Waals surface area contributed by atoms with Gasteiger partial charge in [-0.2, -0.15) is 0 Å². The average molecular weight is 542 g/mol. The van der Waals surface area contributed by atoms with E-state index in [1.807, 2.05) is 31.2 Å². The van der Waals surface area contributed by atoms with E-state index >= 15 is 0 Å². The zero-order chi connectivity index (χ0) is 24.2. The molecular formula is C26H21BrFNO4S. The summed E-state index contributed by atoms with van der Waals surface area (Å²) >= 11 is 4.40. The number of carbonyl (C=O) groups excluding carboxylic acids is 2. The molecule has 4 rings (SSSR count). The van der Waals surface area contributed by atoms with Crippen molar-refractivity contribution in [2.75, 3.05) is 7.11 Å². The topological polar surface area (TPSA) is 55.8 Å². The lowest BCUT2D eigenvalue weighted by Crippen LogP contribution is -2.27. The van der Waals surface area contributed by atoms with Gasteiger partial charge in [0.2, 0.25) is 0 Å². The molecule has 34 heavy (non-hydrogen) atoms. The normalized spacial score (nSPS) is 14.7. The van der Waals surface area contributed by atoms with Crippen molar-refractivity contribution in [3.8, 4) is 11.5 Å². The average Bonchev–Trinajstić information content (AvgIpc) is 3.06. The summed E-state index contributed by atoms with van der Waals surface area (Å²) < 4.78 is 25.4. The number of amides is 2. The Morgan fingerprint density at radius 3 is 2.62 bits per heavy atom. The van der Waals surface area contributed by atoms with Crippen LogP contribution in [-0.2, 0) is 17.9 Å². The lowest BCUT2D eigenvalue weighted by atomic mass is 10.1. The molecule has 3 aromatic rings. The molecule has 1 saturated heterocycles. The van der Waals surface area contributed by atoms with Crippen LogP contribution in [0.15, 0.2) is 70.0 Å². The molecule has 5 nitrogen and oxygen atoms in total. The number of imide groups is 1. The van der Waals surface area contributed by atoms with Gasteiger partial charge in [-0.05, 0) is 87.2 Å². The van der Waals surface area contributed by atoms with E-state index < -0.39 is 0 Å². The number of halogens is 2. The minimum absolute atomic E-state index is 0.157. The predicted octanol–water partition coefficient (Wildman–Crippen LogP) is 6.72. The summed E-state index contributed by atoms with van der Waals surface area (Å²) in [6, 6.07) is 17.3. The number of ether oxygens (including phenoxy) is 2. The second-order valence-corrected chi connectivity index (χ2v) is 9.49. The quantitative estimate of drug-likeness (QED) is 0.310. The van der Waals surface area contributed by atoms with Gasteiger partial charge in [0.05, 0.1) is 23.0 Å². The molecule has 1 aliphatic rings. The van der Waals surface area contributed by atoms with Crippen molar-refractivity contribution in [1.82, 2.24) is 4.90 Å². The van der Waals surface area contributed by atoms with E-state index in [4.69, 9.17) is 9.47 Å². The van der Waals surface area contributed by atoms with E-state index in [0.717, 1.165) is 22.9 Å².